The fraction of sp³-hybridized carbons (Fsp3) is 0.583. The molecule has 0 amide bonds. The first-order chi connectivity index (χ1) is 8.15. The summed E-state index contributed by atoms with van der Waals surface area (Å²) in [6.07, 6.45) is 5.94. The maximum absolute atomic E-state index is 13.5. The minimum atomic E-state index is -0.314. The second kappa shape index (κ2) is 6.01. The van der Waals surface area contributed by atoms with Gasteiger partial charge in [0.05, 0.1) is 0 Å². The maximum Gasteiger partial charge on any atom is 0.166 e. The van der Waals surface area contributed by atoms with Gasteiger partial charge in [-0.05, 0) is 53.6 Å². The van der Waals surface area contributed by atoms with Crippen molar-refractivity contribution in [3.05, 3.63) is 22.6 Å². The molecule has 1 aliphatic carbocycles. The van der Waals surface area contributed by atoms with Gasteiger partial charge in [0.2, 0.25) is 0 Å². The highest BCUT2D eigenvalue weighted by molar-refractivity contribution is 9.10. The number of alkyl halides is 1. The van der Waals surface area contributed by atoms with Gasteiger partial charge in [-0.15, -0.1) is 11.6 Å². The summed E-state index contributed by atoms with van der Waals surface area (Å²) >= 11 is 9.23. The normalized spacial score (nSPS) is 24.6. The summed E-state index contributed by atoms with van der Waals surface area (Å²) in [4.78, 5) is 4.02. The molecule has 0 unspecified atom stereocenters. The van der Waals surface area contributed by atoms with E-state index in [-0.39, 0.29) is 5.82 Å². The van der Waals surface area contributed by atoms with Crippen LogP contribution in [0.4, 0.5) is 10.2 Å². The molecule has 17 heavy (non-hydrogen) atoms. The van der Waals surface area contributed by atoms with Crippen LogP contribution in [0.1, 0.15) is 25.7 Å². The van der Waals surface area contributed by atoms with Crippen molar-refractivity contribution in [2.75, 3.05) is 11.9 Å². The number of aromatic nitrogens is 1. The summed E-state index contributed by atoms with van der Waals surface area (Å²) in [7, 11) is 0. The van der Waals surface area contributed by atoms with Crippen LogP contribution >= 0.6 is 27.5 Å². The molecule has 1 N–H and O–H groups in total. The Labute approximate surface area is 114 Å². The Morgan fingerprint density at radius 3 is 2.76 bits per heavy atom. The number of rotatable bonds is 3. The zero-order valence-corrected chi connectivity index (χ0v) is 11.8. The lowest BCUT2D eigenvalue weighted by Crippen LogP contribution is -2.22. The topological polar surface area (TPSA) is 24.9 Å². The van der Waals surface area contributed by atoms with E-state index in [1.165, 1.54) is 6.07 Å². The van der Waals surface area contributed by atoms with E-state index in [0.29, 0.717) is 21.6 Å². The lowest BCUT2D eigenvalue weighted by molar-refractivity contribution is 0.377. The zero-order chi connectivity index (χ0) is 12.3. The van der Waals surface area contributed by atoms with Crippen LogP contribution in [0.3, 0.4) is 0 Å². The molecule has 5 heteroatoms. The Morgan fingerprint density at radius 2 is 2.12 bits per heavy atom. The third-order valence-electron chi connectivity index (χ3n) is 3.14. The van der Waals surface area contributed by atoms with Crippen LogP contribution in [0.25, 0.3) is 0 Å². The van der Waals surface area contributed by atoms with Crippen molar-refractivity contribution in [2.45, 2.75) is 31.1 Å². The monoisotopic (exact) mass is 320 g/mol. The lowest BCUT2D eigenvalue weighted by atomic mass is 9.89. The first-order valence-electron chi connectivity index (χ1n) is 5.84. The molecule has 0 atom stereocenters. The molecule has 0 spiro atoms. The van der Waals surface area contributed by atoms with Gasteiger partial charge in [0.25, 0.3) is 0 Å². The van der Waals surface area contributed by atoms with E-state index in [1.807, 2.05) is 0 Å². The van der Waals surface area contributed by atoms with Crippen LogP contribution in [0.2, 0.25) is 0 Å². The SMILES string of the molecule is Fc1cc(Br)cnc1NCC1CCC(Cl)CC1. The molecule has 0 radical (unpaired) electrons. The van der Waals surface area contributed by atoms with Gasteiger partial charge in [-0.3, -0.25) is 0 Å². The summed E-state index contributed by atoms with van der Waals surface area (Å²) in [5.41, 5.74) is 0. The van der Waals surface area contributed by atoms with E-state index in [9.17, 15) is 4.39 Å². The number of hydrogen-bond acceptors (Lipinski definition) is 2. The second-order valence-electron chi connectivity index (χ2n) is 4.48. The molecule has 1 fully saturated rings. The van der Waals surface area contributed by atoms with Gasteiger partial charge in [0.1, 0.15) is 0 Å². The Balaban J connectivity index is 1.85. The van der Waals surface area contributed by atoms with Gasteiger partial charge in [-0.1, -0.05) is 0 Å². The summed E-state index contributed by atoms with van der Waals surface area (Å²) in [5, 5.41) is 3.40. The molecular weight excluding hydrogens is 307 g/mol. The van der Waals surface area contributed by atoms with Crippen molar-refractivity contribution in [1.29, 1.82) is 0 Å². The third kappa shape index (κ3) is 3.81. The van der Waals surface area contributed by atoms with Crippen LogP contribution in [0.5, 0.6) is 0 Å². The van der Waals surface area contributed by atoms with E-state index >= 15 is 0 Å². The summed E-state index contributed by atoms with van der Waals surface area (Å²) in [6.45, 7) is 0.773. The van der Waals surface area contributed by atoms with Gasteiger partial charge in [-0.2, -0.15) is 0 Å². The van der Waals surface area contributed by atoms with Crippen molar-refractivity contribution in [1.82, 2.24) is 4.98 Å². The molecule has 0 bridgehead atoms. The number of nitrogens with zero attached hydrogens (tertiary/aromatic N) is 1. The Bertz CT molecular complexity index is 381. The molecule has 0 aliphatic heterocycles. The molecule has 1 aromatic rings. The average molecular weight is 322 g/mol. The number of pyridine rings is 1. The lowest BCUT2D eigenvalue weighted by Gasteiger charge is -2.25. The van der Waals surface area contributed by atoms with E-state index in [4.69, 9.17) is 11.6 Å². The van der Waals surface area contributed by atoms with Gasteiger partial charge < -0.3 is 5.32 Å². The Kier molecular flexibility index (Phi) is 4.62. The standard InChI is InChI=1S/C12H15BrClFN2/c13-9-5-11(15)12(17-7-9)16-6-8-1-3-10(14)4-2-8/h5,7-8,10H,1-4,6H2,(H,16,17). The predicted molar refractivity (Wildman–Crippen MR) is 72.0 cm³/mol. The second-order valence-corrected chi connectivity index (χ2v) is 6.02. The first-order valence-corrected chi connectivity index (χ1v) is 7.07. The van der Waals surface area contributed by atoms with Gasteiger partial charge in [0.15, 0.2) is 11.6 Å². The quantitative estimate of drug-likeness (QED) is 0.844. The van der Waals surface area contributed by atoms with Gasteiger partial charge in [0, 0.05) is 22.6 Å². The number of hydrogen-bond donors (Lipinski definition) is 1. The molecule has 2 rings (SSSR count). The highest BCUT2D eigenvalue weighted by atomic mass is 79.9. The van der Waals surface area contributed by atoms with Crippen LogP contribution in [-0.2, 0) is 0 Å². The number of nitrogens with one attached hydrogen (secondary N) is 1. The first kappa shape index (κ1) is 13.1. The molecule has 1 aromatic heterocycles. The summed E-state index contributed by atoms with van der Waals surface area (Å²) < 4.78 is 14.1. The zero-order valence-electron chi connectivity index (χ0n) is 9.43. The molecule has 1 heterocycles. The van der Waals surface area contributed by atoms with E-state index < -0.39 is 0 Å². The minimum absolute atomic E-state index is 0.314. The number of anilines is 1. The van der Waals surface area contributed by atoms with Crippen LogP contribution < -0.4 is 5.32 Å². The van der Waals surface area contributed by atoms with E-state index in [1.54, 1.807) is 6.20 Å². The Hall–Kier alpha value is -0.350. The Morgan fingerprint density at radius 1 is 1.41 bits per heavy atom. The van der Waals surface area contributed by atoms with Crippen molar-refractivity contribution in [3.8, 4) is 0 Å². The molecule has 2 nitrogen and oxygen atoms in total. The van der Waals surface area contributed by atoms with Crippen LogP contribution in [0, 0.1) is 11.7 Å². The molecule has 0 aromatic carbocycles. The van der Waals surface area contributed by atoms with E-state index in [0.717, 1.165) is 32.2 Å². The summed E-state index contributed by atoms with van der Waals surface area (Å²) in [6, 6.07) is 1.42. The fourth-order valence-electron chi connectivity index (χ4n) is 2.11. The third-order valence-corrected chi connectivity index (χ3v) is 4.01. The summed E-state index contributed by atoms with van der Waals surface area (Å²) in [5.74, 6) is 0.599. The van der Waals surface area contributed by atoms with Crippen molar-refractivity contribution in [2.24, 2.45) is 5.92 Å². The molecule has 1 saturated carbocycles. The predicted octanol–water partition coefficient (Wildman–Crippen LogP) is 4.19. The molecule has 1 aliphatic rings. The van der Waals surface area contributed by atoms with Crippen molar-refractivity contribution < 1.29 is 4.39 Å². The smallest absolute Gasteiger partial charge is 0.166 e. The van der Waals surface area contributed by atoms with Crippen LogP contribution in [-0.4, -0.2) is 16.9 Å². The maximum atomic E-state index is 13.5. The van der Waals surface area contributed by atoms with Gasteiger partial charge >= 0.3 is 0 Å². The minimum Gasteiger partial charge on any atom is -0.367 e. The van der Waals surface area contributed by atoms with Crippen LogP contribution in [0.15, 0.2) is 16.7 Å². The molecule has 0 saturated heterocycles. The van der Waals surface area contributed by atoms with Gasteiger partial charge in [-0.25, -0.2) is 9.37 Å². The molecule has 94 valence electrons. The highest BCUT2D eigenvalue weighted by Gasteiger charge is 2.19. The highest BCUT2D eigenvalue weighted by Crippen LogP contribution is 2.28. The van der Waals surface area contributed by atoms with Crippen molar-refractivity contribution >= 4 is 33.3 Å². The molecular formula is C12H15BrClFN2. The average Bonchev–Trinajstić information content (AvgIpc) is 2.30. The largest absolute Gasteiger partial charge is 0.367 e. The van der Waals surface area contributed by atoms with Crippen molar-refractivity contribution in [3.63, 3.8) is 0 Å². The fourth-order valence-corrected chi connectivity index (χ4v) is 2.67. The van der Waals surface area contributed by atoms with E-state index in [2.05, 4.69) is 26.2 Å². The number of halogens is 3.